The number of nitrogens with zero attached hydrogens (tertiary/aromatic N) is 4. The second-order valence-corrected chi connectivity index (χ2v) is 9.09. The number of urea groups is 1. The first-order valence-electron chi connectivity index (χ1n) is 9.42. The first-order valence-corrected chi connectivity index (χ1v) is 10.9. The number of hydrogen-bond donors (Lipinski definition) is 1. The molecule has 0 radical (unpaired) electrons. The van der Waals surface area contributed by atoms with E-state index in [0.29, 0.717) is 18.0 Å². The average Bonchev–Trinajstić information content (AvgIpc) is 3.12. The molecule has 0 aliphatic carbocycles. The number of carbonyl (C=O) groups is 1. The zero-order chi connectivity index (χ0) is 20.6. The van der Waals surface area contributed by atoms with Crippen molar-refractivity contribution in [1.82, 2.24) is 18.9 Å². The average molecular weight is 414 g/mol. The minimum absolute atomic E-state index is 0.258. The van der Waals surface area contributed by atoms with Gasteiger partial charge in [0.15, 0.2) is 0 Å². The Morgan fingerprint density at radius 2 is 1.76 bits per heavy atom. The highest BCUT2D eigenvalue weighted by Crippen LogP contribution is 2.22. The fraction of sp³-hybridized carbons (Fsp3) is 0.300. The topological polar surface area (TPSA) is 87.5 Å². The number of carbonyl (C=O) groups excluding carboxylic acids is 1. The van der Waals surface area contributed by atoms with Crippen LogP contribution in [0.3, 0.4) is 0 Å². The summed E-state index contributed by atoms with van der Waals surface area (Å²) in [5.74, 6) is 0. The van der Waals surface area contributed by atoms with E-state index in [1.807, 2.05) is 43.3 Å². The minimum Gasteiger partial charge on any atom is -0.321 e. The first-order chi connectivity index (χ1) is 13.9. The van der Waals surface area contributed by atoms with Gasteiger partial charge in [-0.05, 0) is 43.2 Å². The van der Waals surface area contributed by atoms with Crippen LogP contribution in [0.2, 0.25) is 0 Å². The molecular weight excluding hydrogens is 390 g/mol. The van der Waals surface area contributed by atoms with E-state index in [4.69, 9.17) is 0 Å². The lowest BCUT2D eigenvalue weighted by Crippen LogP contribution is -2.52. The van der Waals surface area contributed by atoms with Crippen LogP contribution in [0.1, 0.15) is 11.1 Å². The molecule has 1 aromatic heterocycles. The molecule has 3 aromatic rings. The number of rotatable bonds is 3. The fourth-order valence-electron chi connectivity index (χ4n) is 3.48. The molecule has 0 atom stereocenters. The molecule has 0 unspecified atom stereocenters. The zero-order valence-corrected chi connectivity index (χ0v) is 17.2. The molecule has 0 saturated carbocycles. The van der Waals surface area contributed by atoms with Crippen molar-refractivity contribution >= 4 is 27.1 Å². The van der Waals surface area contributed by atoms with Crippen molar-refractivity contribution in [3.63, 3.8) is 0 Å². The van der Waals surface area contributed by atoms with Crippen molar-refractivity contribution < 1.29 is 13.2 Å². The van der Waals surface area contributed by atoms with Gasteiger partial charge in [-0.15, -0.1) is 0 Å². The number of aromatic nitrogens is 2. The molecule has 8 nitrogen and oxygen atoms in total. The van der Waals surface area contributed by atoms with Gasteiger partial charge in [0.25, 0.3) is 0 Å². The highest BCUT2D eigenvalue weighted by Gasteiger charge is 2.31. The molecule has 2 amide bonds. The molecular formula is C20H23N5O3S. The van der Waals surface area contributed by atoms with Crippen LogP contribution < -0.4 is 5.43 Å². The molecule has 0 bridgehead atoms. The summed E-state index contributed by atoms with van der Waals surface area (Å²) in [6, 6.07) is 12.6. The number of piperazine rings is 1. The maximum atomic E-state index is 13.0. The van der Waals surface area contributed by atoms with Crippen LogP contribution in [0.15, 0.2) is 53.7 Å². The predicted octanol–water partition coefficient (Wildman–Crippen LogP) is 2.32. The van der Waals surface area contributed by atoms with Gasteiger partial charge < -0.3 is 4.90 Å². The number of nitrogens with one attached hydrogen (secondary N) is 1. The van der Waals surface area contributed by atoms with Crippen molar-refractivity contribution in [3.05, 3.63) is 59.9 Å². The summed E-state index contributed by atoms with van der Waals surface area (Å²) < 4.78 is 29.1. The van der Waals surface area contributed by atoms with E-state index in [-0.39, 0.29) is 19.1 Å². The third-order valence-electron chi connectivity index (χ3n) is 5.16. The highest BCUT2D eigenvalue weighted by atomic mass is 32.2. The molecule has 2 heterocycles. The predicted molar refractivity (Wildman–Crippen MR) is 111 cm³/mol. The molecule has 1 saturated heterocycles. The van der Waals surface area contributed by atoms with E-state index in [0.717, 1.165) is 22.2 Å². The number of sulfonamides is 1. The first kappa shape index (κ1) is 19.4. The summed E-state index contributed by atoms with van der Waals surface area (Å²) in [6.45, 7) is 4.83. The Kier molecular flexibility index (Phi) is 5.01. The Bertz CT molecular complexity index is 1160. The van der Waals surface area contributed by atoms with Crippen LogP contribution in [-0.4, -0.2) is 59.5 Å². The van der Waals surface area contributed by atoms with Crippen LogP contribution in [-0.2, 0) is 10.0 Å². The van der Waals surface area contributed by atoms with Crippen molar-refractivity contribution in [1.29, 1.82) is 0 Å². The lowest BCUT2D eigenvalue weighted by Gasteiger charge is -2.34. The summed E-state index contributed by atoms with van der Waals surface area (Å²) >= 11 is 0. The molecule has 1 fully saturated rings. The van der Waals surface area contributed by atoms with Crippen LogP contribution >= 0.6 is 0 Å². The maximum Gasteiger partial charge on any atom is 0.336 e. The second kappa shape index (κ2) is 7.49. The van der Waals surface area contributed by atoms with Gasteiger partial charge in [-0.3, -0.25) is 0 Å². The molecule has 4 rings (SSSR count). The highest BCUT2D eigenvalue weighted by molar-refractivity contribution is 7.89. The molecule has 2 aromatic carbocycles. The van der Waals surface area contributed by atoms with Gasteiger partial charge in [0, 0.05) is 26.2 Å². The Morgan fingerprint density at radius 1 is 1.03 bits per heavy atom. The van der Waals surface area contributed by atoms with Crippen molar-refractivity contribution in [2.75, 3.05) is 31.6 Å². The van der Waals surface area contributed by atoms with Crippen LogP contribution in [0.4, 0.5) is 4.79 Å². The molecule has 1 aliphatic rings. The largest absolute Gasteiger partial charge is 0.336 e. The number of benzene rings is 2. The molecule has 1 aliphatic heterocycles. The zero-order valence-electron chi connectivity index (χ0n) is 16.4. The Labute approximate surface area is 169 Å². The summed E-state index contributed by atoms with van der Waals surface area (Å²) in [7, 11) is -3.58. The van der Waals surface area contributed by atoms with Crippen molar-refractivity contribution in [3.8, 4) is 0 Å². The SMILES string of the molecule is Cc1ccc(C)c(S(=O)(=O)N2CCN(C(=O)Nn3cnc4ccccc43)CC2)c1. The number of aryl methyl sites for hydroxylation is 2. The summed E-state index contributed by atoms with van der Waals surface area (Å²) in [6.07, 6.45) is 1.56. The van der Waals surface area contributed by atoms with Crippen LogP contribution in [0.5, 0.6) is 0 Å². The van der Waals surface area contributed by atoms with E-state index in [1.165, 1.54) is 4.31 Å². The number of imidazole rings is 1. The van der Waals surface area contributed by atoms with Gasteiger partial charge >= 0.3 is 6.03 Å². The number of hydrogen-bond acceptors (Lipinski definition) is 4. The number of para-hydroxylation sites is 2. The van der Waals surface area contributed by atoms with E-state index >= 15 is 0 Å². The van der Waals surface area contributed by atoms with E-state index in [2.05, 4.69) is 10.4 Å². The molecule has 1 N–H and O–H groups in total. The monoisotopic (exact) mass is 413 g/mol. The lowest BCUT2D eigenvalue weighted by atomic mass is 10.2. The van der Waals surface area contributed by atoms with Gasteiger partial charge in [-0.1, -0.05) is 24.3 Å². The lowest BCUT2D eigenvalue weighted by molar-refractivity contribution is 0.182. The van der Waals surface area contributed by atoms with Crippen molar-refractivity contribution in [2.24, 2.45) is 0 Å². The molecule has 9 heteroatoms. The molecule has 0 spiro atoms. The minimum atomic E-state index is -3.58. The van der Waals surface area contributed by atoms with Crippen LogP contribution in [0.25, 0.3) is 11.0 Å². The smallest absolute Gasteiger partial charge is 0.321 e. The Balaban J connectivity index is 1.43. The number of amides is 2. The van der Waals surface area contributed by atoms with E-state index in [9.17, 15) is 13.2 Å². The maximum absolute atomic E-state index is 13.0. The van der Waals surface area contributed by atoms with Gasteiger partial charge in [0.05, 0.1) is 15.9 Å². The van der Waals surface area contributed by atoms with Crippen LogP contribution in [0, 0.1) is 13.8 Å². The Morgan fingerprint density at radius 3 is 2.52 bits per heavy atom. The third kappa shape index (κ3) is 3.70. The Hall–Kier alpha value is -2.91. The van der Waals surface area contributed by atoms with E-state index in [1.54, 1.807) is 28.9 Å². The molecule has 152 valence electrons. The third-order valence-corrected chi connectivity index (χ3v) is 7.20. The second-order valence-electron chi connectivity index (χ2n) is 7.18. The van der Waals surface area contributed by atoms with Gasteiger partial charge in [-0.2, -0.15) is 4.31 Å². The standard InChI is InChI=1S/C20H23N5O3S/c1-15-7-8-16(2)19(13-15)29(27,28)24-11-9-23(10-12-24)20(26)22-25-14-21-17-5-3-4-6-18(17)25/h3-8,13-14H,9-12H2,1-2H3,(H,22,26). The van der Waals surface area contributed by atoms with Gasteiger partial charge in [0.1, 0.15) is 6.33 Å². The quantitative estimate of drug-likeness (QED) is 0.714. The van der Waals surface area contributed by atoms with Gasteiger partial charge in [0.2, 0.25) is 10.0 Å². The summed E-state index contributed by atoms with van der Waals surface area (Å²) in [5, 5.41) is 0. The van der Waals surface area contributed by atoms with Crippen molar-refractivity contribution in [2.45, 2.75) is 18.7 Å². The fourth-order valence-corrected chi connectivity index (χ4v) is 5.21. The van der Waals surface area contributed by atoms with E-state index < -0.39 is 10.0 Å². The molecule has 29 heavy (non-hydrogen) atoms. The summed E-state index contributed by atoms with van der Waals surface area (Å²) in [4.78, 5) is 18.8. The van der Waals surface area contributed by atoms with Gasteiger partial charge in [-0.25, -0.2) is 28.3 Å². The summed E-state index contributed by atoms with van der Waals surface area (Å²) in [5.41, 5.74) is 6.03. The normalized spacial score (nSPS) is 15.6. The number of fused-ring (bicyclic) bond motifs is 1.